The number of allylic oxidation sites excluding steroid dienone is 24. The maximum Gasteiger partial charge on any atom is 0.472 e. The van der Waals surface area contributed by atoms with Crippen LogP contribution in [-0.2, 0) is 55.8 Å². The molecule has 0 radical (unpaired) electrons. The molecule has 5 unspecified atom stereocenters. The first-order chi connectivity index (χ1) is 48.2. The minimum Gasteiger partial charge on any atom is -0.463 e. The van der Waals surface area contributed by atoms with E-state index in [4.69, 9.17) is 32.3 Å². The Morgan fingerprint density at radius 2 is 0.535 bits per heavy atom. The molecule has 16 nitrogen and oxygen atoms in total. The van der Waals surface area contributed by atoms with Gasteiger partial charge in [-0.15, -0.1) is 0 Å². The molecule has 0 aliphatic heterocycles. The van der Waals surface area contributed by atoms with E-state index in [0.29, 0.717) is 19.3 Å². The van der Waals surface area contributed by atoms with Crippen molar-refractivity contribution in [3.8, 4) is 0 Å². The van der Waals surface area contributed by atoms with Crippen LogP contribution in [-0.4, -0.2) is 95.9 Å². The molecule has 0 aliphatic carbocycles. The van der Waals surface area contributed by atoms with Crippen LogP contribution in [0.4, 0.5) is 0 Å². The molecule has 0 aromatic heterocycles. The SMILES string of the molecule is CC/C=C\C/C=C\C/C=C\C/C=C\C/C=C\CCCCCCCCCCCCCC(=O)OCC(O)COP(=O)(O)OCC(O)COP(=O)(O)OCC(COC(=O)CCCCCCCC/C=C\C/C=C\C/C=C\CCCCC)OC(=O)CCCCCC/C=C\C/C=C\C/C=C\C/C=C\CC. The van der Waals surface area contributed by atoms with Crippen LogP contribution in [0.2, 0.25) is 0 Å². The number of hydrogen-bond donors (Lipinski definition) is 4. The minimum atomic E-state index is -4.94. The number of phosphoric acid groups is 2. The molecule has 0 rings (SSSR count). The van der Waals surface area contributed by atoms with Gasteiger partial charge in [-0.3, -0.25) is 32.5 Å². The van der Waals surface area contributed by atoms with Crippen molar-refractivity contribution in [3.63, 3.8) is 0 Å². The van der Waals surface area contributed by atoms with Crippen molar-refractivity contribution in [2.45, 2.75) is 309 Å². The van der Waals surface area contributed by atoms with Crippen LogP contribution in [0.5, 0.6) is 0 Å². The van der Waals surface area contributed by atoms with Gasteiger partial charge in [0.2, 0.25) is 0 Å². The Balaban J connectivity index is 4.62. The summed E-state index contributed by atoms with van der Waals surface area (Å²) in [5.74, 6) is -1.62. The summed E-state index contributed by atoms with van der Waals surface area (Å²) in [7, 11) is -9.81. The Kier molecular flexibility index (Phi) is 69.8. The Labute approximate surface area is 600 Å². The molecule has 0 aliphatic rings. The largest absolute Gasteiger partial charge is 0.472 e. The van der Waals surface area contributed by atoms with E-state index in [9.17, 15) is 43.5 Å². The maximum atomic E-state index is 13.0. The number of aliphatic hydroxyl groups excluding tert-OH is 2. The van der Waals surface area contributed by atoms with Gasteiger partial charge >= 0.3 is 33.6 Å². The molecule has 0 aromatic carbocycles. The van der Waals surface area contributed by atoms with Crippen molar-refractivity contribution in [1.82, 2.24) is 0 Å². The van der Waals surface area contributed by atoms with Gasteiger partial charge in [0.15, 0.2) is 6.10 Å². The molecule has 0 bridgehead atoms. The van der Waals surface area contributed by atoms with E-state index in [-0.39, 0.29) is 19.3 Å². The summed E-state index contributed by atoms with van der Waals surface area (Å²) in [6, 6.07) is 0. The van der Waals surface area contributed by atoms with Gasteiger partial charge in [0.25, 0.3) is 0 Å². The van der Waals surface area contributed by atoms with E-state index in [1.54, 1.807) is 0 Å². The van der Waals surface area contributed by atoms with Crippen molar-refractivity contribution in [2.24, 2.45) is 0 Å². The molecule has 0 fully saturated rings. The summed E-state index contributed by atoms with van der Waals surface area (Å²) < 4.78 is 61.1. The Morgan fingerprint density at radius 1 is 0.293 bits per heavy atom. The summed E-state index contributed by atoms with van der Waals surface area (Å²) in [4.78, 5) is 58.6. The number of phosphoric ester groups is 2. The zero-order chi connectivity index (χ0) is 72.3. The number of aliphatic hydroxyl groups is 2. The molecule has 18 heteroatoms. The first kappa shape index (κ1) is 94.4. The first-order valence-corrected chi connectivity index (χ1v) is 41.1. The summed E-state index contributed by atoms with van der Waals surface area (Å²) in [6.45, 7) is 2.37. The highest BCUT2D eigenvalue weighted by Gasteiger charge is 2.29. The van der Waals surface area contributed by atoms with Gasteiger partial charge in [-0.1, -0.05) is 276 Å². The average molecular weight is 1430 g/mol. The van der Waals surface area contributed by atoms with E-state index in [2.05, 4.69) is 167 Å². The third kappa shape index (κ3) is 74.4. The smallest absolute Gasteiger partial charge is 0.463 e. The highest BCUT2D eigenvalue weighted by molar-refractivity contribution is 7.47. The van der Waals surface area contributed by atoms with Gasteiger partial charge in [-0.05, 0) is 141 Å². The average Bonchev–Trinajstić information content (AvgIpc) is 2.62. The lowest BCUT2D eigenvalue weighted by Gasteiger charge is -2.21. The zero-order valence-corrected chi connectivity index (χ0v) is 63.4. The van der Waals surface area contributed by atoms with Crippen molar-refractivity contribution >= 4 is 33.6 Å². The zero-order valence-electron chi connectivity index (χ0n) is 61.6. The van der Waals surface area contributed by atoms with Gasteiger partial charge in [-0.2, -0.15) is 0 Å². The van der Waals surface area contributed by atoms with Crippen molar-refractivity contribution in [3.05, 3.63) is 146 Å². The van der Waals surface area contributed by atoms with Crippen LogP contribution in [0.1, 0.15) is 290 Å². The van der Waals surface area contributed by atoms with E-state index < -0.39 is 91.5 Å². The van der Waals surface area contributed by atoms with Crippen LogP contribution in [0.15, 0.2) is 146 Å². The standard InChI is InChI=1S/C81H136O16P2/c1-4-7-10-13-16-19-22-25-28-31-33-34-35-36-37-38-39-40-42-45-46-49-52-55-58-61-64-67-79(84)91-70-76(82)71-93-98(87,88)94-72-77(83)73-95-99(89,90)96-75-78(97-81(86)69-66-63-60-57-54-51-48-43-30-27-24-21-18-15-12-9-6-3)74-92-80(85)68-65-62-59-56-53-50-47-44-41-32-29-26-23-20-17-14-11-8-5-2/h7,9-10,12,16-21,25-30,33-34,36-37,41,44,48,51,76-78,82-83H,4-6,8,11,13-15,22-24,31-32,35,38-40,42-43,45-47,49-50,52-75H2,1-3H3,(H,87,88)(H,89,90)/b10-7-,12-9-,19-16-,20-17-,21-18-,28-25-,29-26-,30-27-,34-33-,37-36-,44-41-,51-48-. The quantitative estimate of drug-likeness (QED) is 0.0146. The number of ether oxygens (including phenoxy) is 3. The third-order valence-electron chi connectivity index (χ3n) is 15.5. The van der Waals surface area contributed by atoms with Crippen molar-refractivity contribution in [2.75, 3.05) is 39.6 Å². The Hall–Kier alpha value is -4.57. The lowest BCUT2D eigenvalue weighted by atomic mass is 10.0. The lowest BCUT2D eigenvalue weighted by Crippen LogP contribution is -2.30. The summed E-state index contributed by atoms with van der Waals surface area (Å²) in [6.07, 6.45) is 88.9. The third-order valence-corrected chi connectivity index (χ3v) is 17.4. The van der Waals surface area contributed by atoms with E-state index in [0.717, 1.165) is 167 Å². The van der Waals surface area contributed by atoms with Crippen molar-refractivity contribution < 1.29 is 75.8 Å². The molecule has 566 valence electrons. The second kappa shape index (κ2) is 73.2. The molecular weight excluding hydrogens is 1290 g/mol. The van der Waals surface area contributed by atoms with Crippen molar-refractivity contribution in [1.29, 1.82) is 0 Å². The van der Waals surface area contributed by atoms with Crippen LogP contribution in [0.25, 0.3) is 0 Å². The molecule has 4 N–H and O–H groups in total. The highest BCUT2D eigenvalue weighted by atomic mass is 31.2. The molecule has 0 saturated heterocycles. The van der Waals surface area contributed by atoms with E-state index in [1.165, 1.54) is 64.2 Å². The van der Waals surface area contributed by atoms with Crippen LogP contribution < -0.4 is 0 Å². The number of unbranched alkanes of at least 4 members (excludes halogenated alkanes) is 24. The van der Waals surface area contributed by atoms with Crippen LogP contribution in [0.3, 0.4) is 0 Å². The topological polar surface area (TPSA) is 231 Å². The number of carbonyl (C=O) groups is 3. The number of hydrogen-bond acceptors (Lipinski definition) is 14. The summed E-state index contributed by atoms with van der Waals surface area (Å²) in [5.41, 5.74) is 0. The number of esters is 3. The fraction of sp³-hybridized carbons (Fsp3) is 0.667. The Morgan fingerprint density at radius 3 is 0.848 bits per heavy atom. The minimum absolute atomic E-state index is 0.0696. The highest BCUT2D eigenvalue weighted by Crippen LogP contribution is 2.45. The fourth-order valence-corrected chi connectivity index (χ4v) is 11.4. The maximum absolute atomic E-state index is 13.0. The molecule has 5 atom stereocenters. The lowest BCUT2D eigenvalue weighted by molar-refractivity contribution is -0.161. The predicted molar refractivity (Wildman–Crippen MR) is 408 cm³/mol. The predicted octanol–water partition coefficient (Wildman–Crippen LogP) is 22.1. The van der Waals surface area contributed by atoms with E-state index >= 15 is 0 Å². The molecule has 0 spiro atoms. The monoisotopic (exact) mass is 1430 g/mol. The van der Waals surface area contributed by atoms with Crippen LogP contribution in [0, 0.1) is 0 Å². The molecule has 99 heavy (non-hydrogen) atoms. The van der Waals surface area contributed by atoms with Gasteiger partial charge in [0.05, 0.1) is 26.4 Å². The van der Waals surface area contributed by atoms with Gasteiger partial charge in [-0.25, -0.2) is 9.13 Å². The fourth-order valence-electron chi connectivity index (χ4n) is 9.77. The summed E-state index contributed by atoms with van der Waals surface area (Å²) in [5, 5.41) is 20.6. The summed E-state index contributed by atoms with van der Waals surface area (Å²) >= 11 is 0. The second-order valence-electron chi connectivity index (χ2n) is 25.0. The Bertz CT molecular complexity index is 2380. The van der Waals surface area contributed by atoms with Crippen LogP contribution >= 0.6 is 15.6 Å². The number of rotatable bonds is 71. The second-order valence-corrected chi connectivity index (χ2v) is 27.9. The van der Waals surface area contributed by atoms with E-state index in [1.807, 2.05) is 0 Å². The molecular formula is C81H136O16P2. The first-order valence-electron chi connectivity index (χ1n) is 38.1. The molecule has 0 aromatic rings. The molecule has 0 saturated carbocycles. The number of carbonyl (C=O) groups excluding carboxylic acids is 3. The molecule has 0 amide bonds. The van der Waals surface area contributed by atoms with Gasteiger partial charge in [0.1, 0.15) is 25.4 Å². The molecule has 0 heterocycles. The normalized spacial score (nSPS) is 14.9. The van der Waals surface area contributed by atoms with Gasteiger partial charge < -0.3 is 34.2 Å². The van der Waals surface area contributed by atoms with Gasteiger partial charge in [0, 0.05) is 19.3 Å².